The molecule has 0 aromatic carbocycles. The van der Waals surface area contributed by atoms with Crippen molar-refractivity contribution >= 4 is 8.07 Å². The van der Waals surface area contributed by atoms with E-state index in [1.165, 1.54) is 19.3 Å². The van der Waals surface area contributed by atoms with Gasteiger partial charge in [0.15, 0.2) is 0 Å². The zero-order valence-electron chi connectivity index (χ0n) is 13.4. The van der Waals surface area contributed by atoms with Gasteiger partial charge in [-0.1, -0.05) is 57.8 Å². The molecule has 0 bridgehead atoms. The van der Waals surface area contributed by atoms with Crippen molar-refractivity contribution in [3.05, 3.63) is 12.7 Å². The molecule has 0 aromatic heterocycles. The Morgan fingerprint density at radius 3 is 2.37 bits per heavy atom. The number of unbranched alkanes of at least 4 members (excludes halogenated alkanes) is 5. The summed E-state index contributed by atoms with van der Waals surface area (Å²) in [6.07, 6.45) is 10.5. The monoisotopic (exact) mass is 280 g/mol. The van der Waals surface area contributed by atoms with Crippen LogP contribution in [0.2, 0.25) is 19.6 Å². The van der Waals surface area contributed by atoms with Crippen LogP contribution in [0.25, 0.3) is 0 Å². The van der Waals surface area contributed by atoms with Crippen molar-refractivity contribution in [2.45, 2.75) is 83.2 Å². The first-order valence-electron chi connectivity index (χ1n) is 7.70. The third-order valence-electron chi connectivity index (χ3n) is 3.64. The Kier molecular flexibility index (Phi) is 9.13. The van der Waals surface area contributed by atoms with Crippen LogP contribution in [0.15, 0.2) is 12.7 Å². The first-order chi connectivity index (χ1) is 8.87. The van der Waals surface area contributed by atoms with Gasteiger partial charge in [-0.25, -0.2) is 0 Å². The van der Waals surface area contributed by atoms with Gasteiger partial charge in [-0.2, -0.15) is 0 Å². The van der Waals surface area contributed by atoms with Crippen LogP contribution in [0.4, 0.5) is 0 Å². The smallest absolute Gasteiger partial charge is 0.112 e. The van der Waals surface area contributed by atoms with E-state index in [9.17, 15) is 5.11 Å². The summed E-state index contributed by atoms with van der Waals surface area (Å²) >= 11 is 0. The minimum absolute atomic E-state index is 0.735. The Morgan fingerprint density at radius 1 is 1.16 bits per heavy atom. The van der Waals surface area contributed by atoms with Gasteiger partial charge in [0, 0.05) is 6.42 Å². The summed E-state index contributed by atoms with van der Waals surface area (Å²) in [6.45, 7) is 12.6. The quantitative estimate of drug-likeness (QED) is 0.275. The highest BCUT2D eigenvalue weighted by molar-refractivity contribution is 6.79. The van der Waals surface area contributed by atoms with Gasteiger partial charge in [0.25, 0.3) is 0 Å². The first kappa shape index (κ1) is 18.5. The van der Waals surface area contributed by atoms with Crippen molar-refractivity contribution in [2.24, 2.45) is 0 Å². The maximum atomic E-state index is 10.8. The van der Waals surface area contributed by atoms with Gasteiger partial charge in [0.1, 0.15) is 5.22 Å². The second-order valence-corrected chi connectivity index (χ2v) is 11.7. The van der Waals surface area contributed by atoms with E-state index >= 15 is 0 Å². The lowest BCUT2D eigenvalue weighted by atomic mass is 10.1. The number of hydrogen-bond acceptors (Lipinski definition) is 1. The van der Waals surface area contributed by atoms with Crippen LogP contribution in [0.5, 0.6) is 0 Å². The molecule has 0 saturated heterocycles. The Bertz CT molecular complexity index is 305. The largest absolute Gasteiger partial charge is 0.381 e. The maximum absolute atomic E-state index is 10.8. The molecule has 1 atom stereocenters. The molecule has 1 N–H and O–H groups in total. The molecule has 19 heavy (non-hydrogen) atoms. The highest BCUT2D eigenvalue weighted by atomic mass is 28.3. The van der Waals surface area contributed by atoms with Crippen molar-refractivity contribution in [3.8, 4) is 11.8 Å². The molecule has 0 amide bonds. The molecule has 0 aliphatic rings. The van der Waals surface area contributed by atoms with E-state index < -0.39 is 13.3 Å². The lowest BCUT2D eigenvalue weighted by Crippen LogP contribution is -2.51. The topological polar surface area (TPSA) is 20.2 Å². The average Bonchev–Trinajstić information content (AvgIpc) is 2.32. The zero-order chi connectivity index (χ0) is 14.8. The van der Waals surface area contributed by atoms with Gasteiger partial charge in [0.2, 0.25) is 0 Å². The van der Waals surface area contributed by atoms with E-state index in [0.29, 0.717) is 0 Å². The summed E-state index contributed by atoms with van der Waals surface area (Å²) in [5, 5.41) is 10.1. The minimum atomic E-state index is -1.69. The van der Waals surface area contributed by atoms with Crippen LogP contribution < -0.4 is 0 Å². The van der Waals surface area contributed by atoms with Crippen LogP contribution in [-0.4, -0.2) is 18.4 Å². The Morgan fingerprint density at radius 2 is 1.84 bits per heavy atom. The molecule has 0 aliphatic carbocycles. The number of allylic oxidation sites excluding steroid dienone is 1. The molecule has 1 unspecified atom stereocenters. The molecule has 0 spiro atoms. The third kappa shape index (κ3) is 7.60. The molecule has 0 fully saturated rings. The van der Waals surface area contributed by atoms with E-state index in [1.807, 2.05) is 6.08 Å². The Labute approximate surface area is 121 Å². The Hall–Kier alpha value is -0.523. The maximum Gasteiger partial charge on any atom is 0.112 e. The van der Waals surface area contributed by atoms with Crippen molar-refractivity contribution in [1.29, 1.82) is 0 Å². The van der Waals surface area contributed by atoms with Crippen molar-refractivity contribution in [3.63, 3.8) is 0 Å². The molecule has 0 rings (SSSR count). The molecule has 2 heteroatoms. The second kappa shape index (κ2) is 9.39. The Balaban J connectivity index is 4.42. The van der Waals surface area contributed by atoms with Gasteiger partial charge in [0.05, 0.1) is 8.07 Å². The zero-order valence-corrected chi connectivity index (χ0v) is 14.4. The standard InChI is InChI=1S/C17H32OSi/c1-6-8-10-11-12-14-16-17(18,19(3,4)5)15-13-9-7-2/h7,18H,2,6,8-13,15H2,1,3-5H3. The van der Waals surface area contributed by atoms with Gasteiger partial charge >= 0.3 is 0 Å². The lowest BCUT2D eigenvalue weighted by molar-refractivity contribution is 0.163. The molecule has 0 aromatic rings. The normalized spacial score (nSPS) is 14.4. The summed E-state index contributed by atoms with van der Waals surface area (Å²) in [4.78, 5) is 0. The summed E-state index contributed by atoms with van der Waals surface area (Å²) < 4.78 is 0. The van der Waals surface area contributed by atoms with Gasteiger partial charge < -0.3 is 5.11 Å². The predicted octanol–water partition coefficient (Wildman–Crippen LogP) is 4.93. The van der Waals surface area contributed by atoms with Crippen molar-refractivity contribution in [2.75, 3.05) is 0 Å². The summed E-state index contributed by atoms with van der Waals surface area (Å²) in [5.41, 5.74) is 0. The molecule has 0 aliphatic heterocycles. The van der Waals surface area contributed by atoms with Gasteiger partial charge in [-0.05, 0) is 25.7 Å². The highest BCUT2D eigenvalue weighted by Gasteiger charge is 2.39. The van der Waals surface area contributed by atoms with Crippen LogP contribution in [-0.2, 0) is 0 Å². The molecule has 1 nitrogen and oxygen atoms in total. The molecular weight excluding hydrogens is 248 g/mol. The number of aliphatic hydroxyl groups is 1. The van der Waals surface area contributed by atoms with Crippen molar-refractivity contribution in [1.82, 2.24) is 0 Å². The van der Waals surface area contributed by atoms with Crippen molar-refractivity contribution < 1.29 is 5.11 Å². The molecule has 0 radical (unpaired) electrons. The molecule has 0 saturated carbocycles. The third-order valence-corrected chi connectivity index (χ3v) is 6.49. The fourth-order valence-electron chi connectivity index (χ4n) is 1.98. The van der Waals surface area contributed by atoms with Crippen LogP contribution in [0, 0.1) is 11.8 Å². The predicted molar refractivity (Wildman–Crippen MR) is 88.9 cm³/mol. The van der Waals surface area contributed by atoms with E-state index in [2.05, 4.69) is 45.0 Å². The minimum Gasteiger partial charge on any atom is -0.381 e. The summed E-state index contributed by atoms with van der Waals surface area (Å²) in [5.74, 6) is 6.43. The summed E-state index contributed by atoms with van der Waals surface area (Å²) in [7, 11) is -1.69. The van der Waals surface area contributed by atoms with E-state index in [-0.39, 0.29) is 0 Å². The average molecular weight is 281 g/mol. The van der Waals surface area contributed by atoms with E-state index in [0.717, 1.165) is 32.1 Å². The first-order valence-corrected chi connectivity index (χ1v) is 11.2. The fourth-order valence-corrected chi connectivity index (χ4v) is 3.37. The lowest BCUT2D eigenvalue weighted by Gasteiger charge is -2.34. The molecular formula is C17H32OSi. The second-order valence-electron chi connectivity index (χ2n) is 6.40. The highest BCUT2D eigenvalue weighted by Crippen LogP contribution is 2.26. The number of hydrogen-bond donors (Lipinski definition) is 1. The van der Waals surface area contributed by atoms with Crippen LogP contribution in [0.1, 0.15) is 58.3 Å². The fraction of sp³-hybridized carbons (Fsp3) is 0.765. The van der Waals surface area contributed by atoms with Gasteiger partial charge in [-0.15, -0.1) is 12.5 Å². The van der Waals surface area contributed by atoms with Crippen LogP contribution in [0.3, 0.4) is 0 Å². The van der Waals surface area contributed by atoms with E-state index in [4.69, 9.17) is 0 Å². The molecule has 0 heterocycles. The number of rotatable bonds is 9. The SMILES string of the molecule is C=CCCCC(O)(C#CCCCCCC)[Si](C)(C)C. The summed E-state index contributed by atoms with van der Waals surface area (Å²) in [6, 6.07) is 0. The van der Waals surface area contributed by atoms with Gasteiger partial charge in [-0.3, -0.25) is 0 Å². The van der Waals surface area contributed by atoms with E-state index in [1.54, 1.807) is 0 Å². The molecule has 110 valence electrons. The van der Waals surface area contributed by atoms with Crippen LogP contribution >= 0.6 is 0 Å².